The Kier molecular flexibility index (Phi) is 11.4. The maximum absolute atomic E-state index is 11.0. The molecule has 0 aromatic carbocycles. The van der Waals surface area contributed by atoms with Gasteiger partial charge in [-0.1, -0.05) is 6.42 Å². The van der Waals surface area contributed by atoms with Gasteiger partial charge in [0.25, 0.3) is 0 Å². The van der Waals surface area contributed by atoms with Crippen molar-refractivity contribution in [1.82, 2.24) is 0 Å². The van der Waals surface area contributed by atoms with Crippen LogP contribution in [0.3, 0.4) is 0 Å². The fourth-order valence-electron chi connectivity index (χ4n) is 2.34. The molecule has 1 aliphatic heterocycles. The highest BCUT2D eigenvalue weighted by molar-refractivity contribution is 5.68. The van der Waals surface area contributed by atoms with Gasteiger partial charge in [-0.3, -0.25) is 9.59 Å². The number of unbranched alkanes of at least 4 members (excludes halogenated alkanes) is 2. The van der Waals surface area contributed by atoms with Crippen molar-refractivity contribution in [3.8, 4) is 0 Å². The predicted octanol–water partition coefficient (Wildman–Crippen LogP) is 2.21. The van der Waals surface area contributed by atoms with Crippen molar-refractivity contribution in [2.45, 2.75) is 64.3 Å². The molecule has 140 valence electrons. The van der Waals surface area contributed by atoms with Crippen LogP contribution in [0, 0.1) is 0 Å². The van der Waals surface area contributed by atoms with Gasteiger partial charge in [-0.15, -0.1) is 0 Å². The summed E-state index contributed by atoms with van der Waals surface area (Å²) in [5, 5.41) is 0. The summed E-state index contributed by atoms with van der Waals surface area (Å²) in [4.78, 5) is 22.0. The molecule has 0 amide bonds. The Hall–Kier alpha value is -1.18. The summed E-state index contributed by atoms with van der Waals surface area (Å²) in [7, 11) is 1.39. The van der Waals surface area contributed by atoms with Crippen LogP contribution in [0.2, 0.25) is 0 Å². The van der Waals surface area contributed by atoms with E-state index in [2.05, 4.69) is 4.74 Å². The van der Waals surface area contributed by atoms with E-state index in [1.807, 2.05) is 0 Å². The van der Waals surface area contributed by atoms with E-state index >= 15 is 0 Å². The van der Waals surface area contributed by atoms with Gasteiger partial charge in [-0.2, -0.15) is 0 Å². The van der Waals surface area contributed by atoms with Crippen molar-refractivity contribution >= 4 is 11.9 Å². The fourth-order valence-corrected chi connectivity index (χ4v) is 2.34. The Labute approximate surface area is 143 Å². The lowest BCUT2D eigenvalue weighted by atomic mass is 10.2. The van der Waals surface area contributed by atoms with Gasteiger partial charge in [-0.25, -0.2) is 0 Å². The molecule has 1 saturated heterocycles. The molecule has 0 spiro atoms. The number of esters is 2. The van der Waals surface area contributed by atoms with Gasteiger partial charge in [0, 0.05) is 26.6 Å². The summed E-state index contributed by atoms with van der Waals surface area (Å²) >= 11 is 0. The van der Waals surface area contributed by atoms with Gasteiger partial charge in [0.2, 0.25) is 0 Å². The summed E-state index contributed by atoms with van der Waals surface area (Å²) in [5.74, 6) is -0.519. The first-order chi connectivity index (χ1) is 11.6. The van der Waals surface area contributed by atoms with E-state index < -0.39 is 0 Å². The summed E-state index contributed by atoms with van der Waals surface area (Å²) in [5.41, 5.74) is 0. The van der Waals surface area contributed by atoms with E-state index in [4.69, 9.17) is 18.9 Å². The smallest absolute Gasteiger partial charge is 0.305 e. The van der Waals surface area contributed by atoms with Crippen LogP contribution in [0.15, 0.2) is 0 Å². The van der Waals surface area contributed by atoms with Crippen LogP contribution in [-0.2, 0) is 33.3 Å². The largest absolute Gasteiger partial charge is 0.469 e. The maximum Gasteiger partial charge on any atom is 0.305 e. The van der Waals surface area contributed by atoms with Crippen molar-refractivity contribution in [2.24, 2.45) is 0 Å². The minimum absolute atomic E-state index is 0.164. The maximum atomic E-state index is 11.0. The quantitative estimate of drug-likeness (QED) is 0.396. The standard InChI is InChI=1S/C17H30O7/c1-14(18)23-13-15(24-17-9-5-7-11-22-17)12-21-10-6-3-4-8-16(19)20-2/h15,17H,3-13H2,1-2H3/t15-,17?/m1/s1. The highest BCUT2D eigenvalue weighted by Gasteiger charge is 2.21. The van der Waals surface area contributed by atoms with E-state index in [-0.39, 0.29) is 30.9 Å². The molecule has 1 heterocycles. The van der Waals surface area contributed by atoms with Crippen LogP contribution in [0.1, 0.15) is 51.9 Å². The molecule has 0 saturated carbocycles. The molecule has 1 aliphatic rings. The lowest BCUT2D eigenvalue weighted by Gasteiger charge is -2.27. The van der Waals surface area contributed by atoms with Crippen molar-refractivity contribution in [3.05, 3.63) is 0 Å². The van der Waals surface area contributed by atoms with Crippen molar-refractivity contribution in [2.75, 3.05) is 33.5 Å². The van der Waals surface area contributed by atoms with Gasteiger partial charge in [0.05, 0.1) is 13.7 Å². The number of hydrogen-bond acceptors (Lipinski definition) is 7. The number of rotatable bonds is 12. The van der Waals surface area contributed by atoms with Crippen molar-refractivity contribution in [3.63, 3.8) is 0 Å². The lowest BCUT2D eigenvalue weighted by Crippen LogP contribution is -2.34. The van der Waals surface area contributed by atoms with E-state index in [1.165, 1.54) is 14.0 Å². The molecule has 1 fully saturated rings. The molecule has 1 rings (SSSR count). The summed E-state index contributed by atoms with van der Waals surface area (Å²) in [6, 6.07) is 0. The Morgan fingerprint density at radius 1 is 1.17 bits per heavy atom. The van der Waals surface area contributed by atoms with Crippen molar-refractivity contribution in [1.29, 1.82) is 0 Å². The molecule has 1 unspecified atom stereocenters. The third-order valence-electron chi connectivity index (χ3n) is 3.66. The lowest BCUT2D eigenvalue weighted by molar-refractivity contribution is -0.208. The van der Waals surface area contributed by atoms with Gasteiger partial charge in [0.15, 0.2) is 6.29 Å². The van der Waals surface area contributed by atoms with Crippen LogP contribution in [0.5, 0.6) is 0 Å². The topological polar surface area (TPSA) is 80.3 Å². The fraction of sp³-hybridized carbons (Fsp3) is 0.882. The molecular formula is C17H30O7. The Bertz CT molecular complexity index is 353. The minimum atomic E-state index is -0.337. The summed E-state index contributed by atoms with van der Waals surface area (Å²) in [6.07, 6.45) is 5.39. The van der Waals surface area contributed by atoms with E-state index in [0.717, 1.165) is 38.5 Å². The monoisotopic (exact) mass is 346 g/mol. The number of carbonyl (C=O) groups excluding carboxylic acids is 2. The number of ether oxygens (including phenoxy) is 5. The van der Waals surface area contributed by atoms with Crippen LogP contribution in [0.25, 0.3) is 0 Å². The Balaban J connectivity index is 2.15. The Morgan fingerprint density at radius 2 is 2.00 bits per heavy atom. The van der Waals surface area contributed by atoms with E-state index in [1.54, 1.807) is 0 Å². The molecule has 24 heavy (non-hydrogen) atoms. The zero-order valence-electron chi connectivity index (χ0n) is 14.8. The van der Waals surface area contributed by atoms with Gasteiger partial charge in [0.1, 0.15) is 12.7 Å². The first-order valence-electron chi connectivity index (χ1n) is 8.66. The molecule has 7 heteroatoms. The average molecular weight is 346 g/mol. The summed E-state index contributed by atoms with van der Waals surface area (Å²) in [6.45, 7) is 3.16. The third kappa shape index (κ3) is 10.6. The second kappa shape index (κ2) is 13.1. The molecular weight excluding hydrogens is 316 g/mol. The van der Waals surface area contributed by atoms with E-state index in [9.17, 15) is 9.59 Å². The second-order valence-corrected chi connectivity index (χ2v) is 5.82. The average Bonchev–Trinajstić information content (AvgIpc) is 2.59. The van der Waals surface area contributed by atoms with Crippen LogP contribution < -0.4 is 0 Å². The molecule has 0 aromatic heterocycles. The molecule has 0 aliphatic carbocycles. The molecule has 2 atom stereocenters. The molecule has 0 bridgehead atoms. The zero-order chi connectivity index (χ0) is 17.6. The molecule has 0 N–H and O–H groups in total. The van der Waals surface area contributed by atoms with Crippen LogP contribution >= 0.6 is 0 Å². The second-order valence-electron chi connectivity index (χ2n) is 5.82. The highest BCUT2D eigenvalue weighted by Crippen LogP contribution is 2.16. The minimum Gasteiger partial charge on any atom is -0.469 e. The number of hydrogen-bond donors (Lipinski definition) is 0. The van der Waals surface area contributed by atoms with Gasteiger partial charge in [-0.05, 0) is 32.1 Å². The number of carbonyl (C=O) groups is 2. The van der Waals surface area contributed by atoms with Gasteiger partial charge >= 0.3 is 11.9 Å². The summed E-state index contributed by atoms with van der Waals surface area (Å²) < 4.78 is 26.6. The SMILES string of the molecule is COC(=O)CCCCCOC[C@H](COC(C)=O)OC1CCCCO1. The van der Waals surface area contributed by atoms with E-state index in [0.29, 0.717) is 26.2 Å². The van der Waals surface area contributed by atoms with Gasteiger partial charge < -0.3 is 23.7 Å². The van der Waals surface area contributed by atoms with Crippen molar-refractivity contribution < 1.29 is 33.3 Å². The Morgan fingerprint density at radius 3 is 2.67 bits per heavy atom. The molecule has 0 radical (unpaired) electrons. The third-order valence-corrected chi connectivity index (χ3v) is 3.66. The zero-order valence-corrected chi connectivity index (χ0v) is 14.8. The van der Waals surface area contributed by atoms with Crippen LogP contribution in [-0.4, -0.2) is 57.9 Å². The highest BCUT2D eigenvalue weighted by atomic mass is 16.7. The predicted molar refractivity (Wildman–Crippen MR) is 86.4 cm³/mol. The molecule has 7 nitrogen and oxygen atoms in total. The number of methoxy groups -OCH3 is 1. The van der Waals surface area contributed by atoms with Crippen LogP contribution in [0.4, 0.5) is 0 Å². The molecule has 0 aromatic rings. The first kappa shape index (κ1) is 20.9. The first-order valence-corrected chi connectivity index (χ1v) is 8.66. The normalized spacial score (nSPS) is 18.8.